The van der Waals surface area contributed by atoms with Crippen molar-refractivity contribution in [1.82, 2.24) is 9.38 Å². The van der Waals surface area contributed by atoms with Crippen LogP contribution in [0.15, 0.2) is 53.1 Å². The third-order valence-electron chi connectivity index (χ3n) is 7.60. The maximum atomic E-state index is 16.2. The first-order valence-corrected chi connectivity index (χ1v) is 12.9. The van der Waals surface area contributed by atoms with Gasteiger partial charge >= 0.3 is 0 Å². The molecule has 0 spiro atoms. The lowest BCUT2D eigenvalue weighted by molar-refractivity contribution is 0.154. The Morgan fingerprint density at radius 1 is 0.971 bits per heavy atom. The molecule has 0 N–H and O–H groups in total. The molecule has 0 saturated heterocycles. The third-order valence-corrected chi connectivity index (χ3v) is 7.60. The summed E-state index contributed by atoms with van der Waals surface area (Å²) in [7, 11) is 0. The summed E-state index contributed by atoms with van der Waals surface area (Å²) in [4.78, 5) is 4.98. The van der Waals surface area contributed by atoms with E-state index in [-0.39, 0.29) is 0 Å². The Bertz CT molecular complexity index is 1520. The first-order valence-electron chi connectivity index (χ1n) is 12.9. The highest BCUT2D eigenvalue weighted by Gasteiger charge is 2.32. The van der Waals surface area contributed by atoms with Crippen LogP contribution in [0.25, 0.3) is 38.8 Å². The number of benzene rings is 2. The van der Waals surface area contributed by atoms with E-state index in [4.69, 9.17) is 9.40 Å². The standard InChI is InChI=1S/C31H35FN2O/c1-8-31(32,9-2)24-15-11-14-23-28(24)30-33-17-26(34(30)25-16-20(7)35-29(23)25)27-21(18(3)4)12-10-13-22(27)19(5)6/h10-19H,8-9H2,1-7H3. The number of alkyl halides is 1. The van der Waals surface area contributed by atoms with Gasteiger partial charge in [0.05, 0.1) is 17.4 Å². The molecule has 0 aliphatic carbocycles. The van der Waals surface area contributed by atoms with Crippen LogP contribution in [0, 0.1) is 6.92 Å². The predicted molar refractivity (Wildman–Crippen MR) is 144 cm³/mol. The molecule has 3 heterocycles. The van der Waals surface area contributed by atoms with Gasteiger partial charge in [-0.1, -0.05) is 77.9 Å². The Labute approximate surface area is 207 Å². The van der Waals surface area contributed by atoms with Crippen LogP contribution < -0.4 is 0 Å². The van der Waals surface area contributed by atoms with Gasteiger partial charge in [-0.2, -0.15) is 0 Å². The second-order valence-electron chi connectivity index (χ2n) is 10.4. The minimum Gasteiger partial charge on any atom is -0.459 e. The summed E-state index contributed by atoms with van der Waals surface area (Å²) in [6.45, 7) is 14.7. The lowest BCUT2D eigenvalue weighted by Gasteiger charge is -2.25. The van der Waals surface area contributed by atoms with Crippen molar-refractivity contribution in [2.24, 2.45) is 0 Å². The van der Waals surface area contributed by atoms with Crippen LogP contribution in [0.5, 0.6) is 0 Å². The van der Waals surface area contributed by atoms with Crippen molar-refractivity contribution in [1.29, 1.82) is 0 Å². The van der Waals surface area contributed by atoms with Crippen LogP contribution >= 0.6 is 0 Å². The number of aryl methyl sites for hydroxylation is 1. The van der Waals surface area contributed by atoms with E-state index in [1.54, 1.807) is 0 Å². The first kappa shape index (κ1) is 23.6. The molecule has 5 rings (SSSR count). The van der Waals surface area contributed by atoms with E-state index >= 15 is 4.39 Å². The third kappa shape index (κ3) is 3.49. The molecule has 0 saturated carbocycles. The van der Waals surface area contributed by atoms with Gasteiger partial charge in [0.25, 0.3) is 0 Å². The fourth-order valence-corrected chi connectivity index (χ4v) is 5.64. The van der Waals surface area contributed by atoms with Gasteiger partial charge in [-0.15, -0.1) is 0 Å². The number of hydrogen-bond donors (Lipinski definition) is 0. The van der Waals surface area contributed by atoms with Gasteiger partial charge in [-0.3, -0.25) is 4.40 Å². The Kier molecular flexibility index (Phi) is 5.74. The van der Waals surface area contributed by atoms with Gasteiger partial charge in [0.1, 0.15) is 17.1 Å². The lowest BCUT2D eigenvalue weighted by atomic mass is 9.86. The Balaban J connectivity index is 2.02. The van der Waals surface area contributed by atoms with Crippen LogP contribution in [0.4, 0.5) is 4.39 Å². The predicted octanol–water partition coefficient (Wildman–Crippen LogP) is 9.44. The van der Waals surface area contributed by atoms with Gasteiger partial charge in [-0.25, -0.2) is 9.37 Å². The summed E-state index contributed by atoms with van der Waals surface area (Å²) >= 11 is 0. The molecule has 182 valence electrons. The van der Waals surface area contributed by atoms with Crippen molar-refractivity contribution in [3.8, 4) is 11.3 Å². The Morgan fingerprint density at radius 3 is 2.20 bits per heavy atom. The van der Waals surface area contributed by atoms with Crippen molar-refractivity contribution in [2.45, 2.75) is 78.8 Å². The van der Waals surface area contributed by atoms with Crippen molar-refractivity contribution in [2.75, 3.05) is 0 Å². The molecule has 0 aliphatic heterocycles. The molecule has 0 radical (unpaired) electrons. The number of aromatic nitrogens is 2. The van der Waals surface area contributed by atoms with E-state index in [1.165, 1.54) is 16.7 Å². The topological polar surface area (TPSA) is 30.4 Å². The second-order valence-corrected chi connectivity index (χ2v) is 10.4. The minimum absolute atomic E-state index is 0.352. The number of rotatable bonds is 6. The smallest absolute Gasteiger partial charge is 0.159 e. The molecule has 0 bridgehead atoms. The fourth-order valence-electron chi connectivity index (χ4n) is 5.64. The van der Waals surface area contributed by atoms with Crippen LogP contribution in [-0.4, -0.2) is 9.38 Å². The maximum Gasteiger partial charge on any atom is 0.159 e. The normalized spacial score (nSPS) is 12.7. The van der Waals surface area contributed by atoms with E-state index in [0.29, 0.717) is 30.2 Å². The number of pyridine rings is 1. The molecule has 0 fully saturated rings. The second kappa shape index (κ2) is 8.51. The average Bonchev–Trinajstić information content (AvgIpc) is 3.46. The molecule has 2 aromatic carbocycles. The van der Waals surface area contributed by atoms with Crippen molar-refractivity contribution < 1.29 is 8.81 Å². The van der Waals surface area contributed by atoms with E-state index < -0.39 is 5.67 Å². The van der Waals surface area contributed by atoms with E-state index in [9.17, 15) is 0 Å². The van der Waals surface area contributed by atoms with Gasteiger partial charge in [-0.05, 0) is 42.7 Å². The molecule has 0 amide bonds. The van der Waals surface area contributed by atoms with E-state index in [1.807, 2.05) is 45.2 Å². The number of fused-ring (bicyclic) bond motifs is 6. The van der Waals surface area contributed by atoms with Gasteiger partial charge < -0.3 is 4.42 Å². The van der Waals surface area contributed by atoms with Gasteiger partial charge in [0.15, 0.2) is 5.58 Å². The molecular formula is C31H35FN2O. The monoisotopic (exact) mass is 470 g/mol. The largest absolute Gasteiger partial charge is 0.459 e. The lowest BCUT2D eigenvalue weighted by Crippen LogP contribution is -2.18. The highest BCUT2D eigenvalue weighted by molar-refractivity contribution is 6.12. The zero-order valence-electron chi connectivity index (χ0n) is 21.9. The maximum absolute atomic E-state index is 16.2. The first-order chi connectivity index (χ1) is 16.7. The molecular weight excluding hydrogens is 435 g/mol. The number of hydrogen-bond acceptors (Lipinski definition) is 2. The number of imidazole rings is 1. The zero-order valence-corrected chi connectivity index (χ0v) is 21.9. The van der Waals surface area contributed by atoms with Crippen molar-refractivity contribution in [3.63, 3.8) is 0 Å². The summed E-state index contributed by atoms with van der Waals surface area (Å²) < 4.78 is 24.7. The molecule has 0 atom stereocenters. The van der Waals surface area contributed by atoms with Gasteiger partial charge in [0, 0.05) is 28.0 Å². The number of nitrogens with zero attached hydrogens (tertiary/aromatic N) is 2. The summed E-state index contributed by atoms with van der Waals surface area (Å²) in [5, 5.41) is 1.76. The van der Waals surface area contributed by atoms with Crippen molar-refractivity contribution >= 4 is 27.5 Å². The summed E-state index contributed by atoms with van der Waals surface area (Å²) in [6, 6.07) is 14.6. The van der Waals surface area contributed by atoms with E-state index in [0.717, 1.165) is 39.0 Å². The SMILES string of the molecule is CCC(F)(CC)c1cccc2c3oc(C)cc3n3c(-c4c(C(C)C)cccc4C(C)C)cnc3c12. The van der Waals surface area contributed by atoms with Crippen molar-refractivity contribution in [3.05, 3.63) is 71.1 Å². The molecule has 0 unspecified atom stereocenters. The Morgan fingerprint density at radius 2 is 1.60 bits per heavy atom. The number of furan rings is 1. The number of halogens is 1. The van der Waals surface area contributed by atoms with E-state index in [2.05, 4.69) is 56.4 Å². The Hall–Kier alpha value is -3.14. The molecule has 0 aliphatic rings. The van der Waals surface area contributed by atoms with Crippen LogP contribution in [0.3, 0.4) is 0 Å². The summed E-state index contributed by atoms with van der Waals surface area (Å²) in [6.07, 6.45) is 2.79. The molecule has 3 nitrogen and oxygen atoms in total. The van der Waals surface area contributed by atoms with Gasteiger partial charge in [0.2, 0.25) is 0 Å². The molecule has 35 heavy (non-hydrogen) atoms. The quantitative estimate of drug-likeness (QED) is 0.247. The van der Waals surface area contributed by atoms with Crippen LogP contribution in [0.2, 0.25) is 0 Å². The van der Waals surface area contributed by atoms with Crippen LogP contribution in [-0.2, 0) is 5.67 Å². The molecule has 4 heteroatoms. The average molecular weight is 471 g/mol. The minimum atomic E-state index is -1.43. The fraction of sp³-hybridized carbons (Fsp3) is 0.387. The summed E-state index contributed by atoms with van der Waals surface area (Å²) in [5.41, 5.74) is 6.65. The zero-order chi connectivity index (χ0) is 25.1. The molecule has 5 aromatic rings. The highest BCUT2D eigenvalue weighted by Crippen LogP contribution is 2.44. The summed E-state index contributed by atoms with van der Waals surface area (Å²) in [5.74, 6) is 1.54. The molecule has 3 aromatic heterocycles. The van der Waals surface area contributed by atoms with Crippen LogP contribution in [0.1, 0.15) is 88.7 Å². The highest BCUT2D eigenvalue weighted by atomic mass is 19.1.